The molecule has 2 aromatic rings. The van der Waals surface area contributed by atoms with Crippen LogP contribution in [0.1, 0.15) is 32.1 Å². The number of benzene rings is 2. The van der Waals surface area contributed by atoms with Crippen LogP contribution in [0.25, 0.3) is 0 Å². The molecule has 9 heteroatoms. The number of hydrogen-bond donors (Lipinski definition) is 0. The van der Waals surface area contributed by atoms with Gasteiger partial charge in [-0.25, -0.2) is 12.8 Å². The second-order valence-electron chi connectivity index (χ2n) is 8.63. The molecule has 178 valence electrons. The summed E-state index contributed by atoms with van der Waals surface area (Å²) in [5.74, 6) is -0.337. The fraction of sp³-hybridized carbons (Fsp3) is 0.458. The minimum Gasteiger partial charge on any atom is -0.490 e. The van der Waals surface area contributed by atoms with E-state index in [1.165, 1.54) is 22.5 Å². The maximum atomic E-state index is 13.7. The first-order valence-corrected chi connectivity index (χ1v) is 13.1. The summed E-state index contributed by atoms with van der Waals surface area (Å²) in [5, 5.41) is 0.541. The van der Waals surface area contributed by atoms with Crippen molar-refractivity contribution in [2.24, 2.45) is 5.92 Å². The van der Waals surface area contributed by atoms with Crippen molar-refractivity contribution in [2.75, 3.05) is 26.2 Å². The largest absolute Gasteiger partial charge is 0.490 e. The first-order valence-electron chi connectivity index (χ1n) is 11.3. The number of piperidine rings is 2. The average molecular weight is 495 g/mol. The number of nitrogens with zero attached hydrogens (tertiary/aromatic N) is 2. The molecule has 2 aliphatic rings. The first-order chi connectivity index (χ1) is 15.8. The third-order valence-corrected chi connectivity index (χ3v) is 8.39. The highest BCUT2D eigenvalue weighted by atomic mass is 35.5. The van der Waals surface area contributed by atoms with Crippen molar-refractivity contribution in [3.05, 3.63) is 59.4 Å². The Morgan fingerprint density at radius 1 is 1.06 bits per heavy atom. The van der Waals surface area contributed by atoms with Crippen LogP contribution in [0.2, 0.25) is 5.02 Å². The van der Waals surface area contributed by atoms with E-state index in [0.29, 0.717) is 17.2 Å². The Labute approximate surface area is 199 Å². The number of carbonyl (C=O) groups excluding carboxylic acids is 1. The van der Waals surface area contributed by atoms with E-state index in [4.69, 9.17) is 16.3 Å². The van der Waals surface area contributed by atoms with Crippen LogP contribution in [-0.2, 0) is 14.8 Å². The van der Waals surface area contributed by atoms with E-state index in [2.05, 4.69) is 0 Å². The van der Waals surface area contributed by atoms with Gasteiger partial charge in [0.25, 0.3) is 0 Å². The van der Waals surface area contributed by atoms with E-state index in [9.17, 15) is 17.6 Å². The summed E-state index contributed by atoms with van der Waals surface area (Å²) in [6, 6.07) is 12.1. The number of ether oxygens (including phenoxy) is 1. The second kappa shape index (κ2) is 10.4. The van der Waals surface area contributed by atoms with Gasteiger partial charge in [0.1, 0.15) is 17.7 Å². The van der Waals surface area contributed by atoms with Crippen LogP contribution in [0.15, 0.2) is 53.4 Å². The zero-order valence-electron chi connectivity index (χ0n) is 18.3. The number of amides is 1. The standard InChI is InChI=1S/C24H28ClFN2O4S/c25-19-6-4-8-21(15-19)32-23-10-13-28(33(30,31)22-9-5-7-20(26)16-22)17-18(23)14-24(29)27-11-2-1-3-12-27/h4-9,15-16,18,23H,1-3,10-14,17H2/t18-,23-/m0/s1. The van der Waals surface area contributed by atoms with Gasteiger partial charge < -0.3 is 9.64 Å². The minimum atomic E-state index is -3.89. The fourth-order valence-corrected chi connectivity index (χ4v) is 6.26. The van der Waals surface area contributed by atoms with Gasteiger partial charge in [0.05, 0.1) is 4.90 Å². The zero-order valence-corrected chi connectivity index (χ0v) is 19.9. The van der Waals surface area contributed by atoms with Crippen LogP contribution in [0.5, 0.6) is 5.75 Å². The van der Waals surface area contributed by atoms with E-state index >= 15 is 0 Å². The van der Waals surface area contributed by atoms with E-state index in [1.807, 2.05) is 4.90 Å². The molecule has 33 heavy (non-hydrogen) atoms. The SMILES string of the molecule is O=C(C[C@H]1CN(S(=O)(=O)c2cccc(F)c2)CC[C@@H]1Oc1cccc(Cl)c1)N1CCCCC1. The second-order valence-corrected chi connectivity index (χ2v) is 11.0. The molecule has 0 bridgehead atoms. The molecule has 1 amide bonds. The molecule has 2 saturated heterocycles. The Morgan fingerprint density at radius 3 is 2.55 bits per heavy atom. The maximum absolute atomic E-state index is 13.7. The number of hydrogen-bond acceptors (Lipinski definition) is 4. The predicted octanol–water partition coefficient (Wildman–Crippen LogP) is 4.34. The molecule has 2 aromatic carbocycles. The topological polar surface area (TPSA) is 66.9 Å². The Balaban J connectivity index is 1.54. The lowest BCUT2D eigenvalue weighted by Crippen LogP contribution is -2.49. The zero-order chi connectivity index (χ0) is 23.4. The van der Waals surface area contributed by atoms with Gasteiger partial charge in [0.15, 0.2) is 0 Å². The van der Waals surface area contributed by atoms with Crippen molar-refractivity contribution >= 4 is 27.5 Å². The van der Waals surface area contributed by atoms with Crippen molar-refractivity contribution < 1.29 is 22.3 Å². The van der Waals surface area contributed by atoms with Crippen molar-refractivity contribution in [2.45, 2.75) is 43.1 Å². The normalized spacial score (nSPS) is 22.2. The van der Waals surface area contributed by atoms with Gasteiger partial charge in [0, 0.05) is 43.5 Å². The van der Waals surface area contributed by atoms with E-state index in [0.717, 1.165) is 38.4 Å². The summed E-state index contributed by atoms with van der Waals surface area (Å²) in [5.41, 5.74) is 0. The number of sulfonamides is 1. The Hall–Kier alpha value is -2.16. The smallest absolute Gasteiger partial charge is 0.243 e. The van der Waals surface area contributed by atoms with Gasteiger partial charge in [-0.1, -0.05) is 23.7 Å². The molecule has 2 heterocycles. The van der Waals surface area contributed by atoms with Gasteiger partial charge in [-0.2, -0.15) is 4.31 Å². The maximum Gasteiger partial charge on any atom is 0.243 e. The summed E-state index contributed by atoms with van der Waals surface area (Å²) in [4.78, 5) is 14.8. The van der Waals surface area contributed by atoms with Crippen molar-refractivity contribution in [1.82, 2.24) is 9.21 Å². The molecule has 0 spiro atoms. The molecule has 2 aliphatic heterocycles. The van der Waals surface area contributed by atoms with E-state index < -0.39 is 15.8 Å². The molecule has 0 aromatic heterocycles. The lowest BCUT2D eigenvalue weighted by molar-refractivity contribution is -0.134. The highest BCUT2D eigenvalue weighted by molar-refractivity contribution is 7.89. The molecular formula is C24H28ClFN2O4S. The third kappa shape index (κ3) is 5.86. The van der Waals surface area contributed by atoms with Gasteiger partial charge in [-0.05, 0) is 62.1 Å². The van der Waals surface area contributed by atoms with E-state index in [-0.39, 0.29) is 42.3 Å². The quantitative estimate of drug-likeness (QED) is 0.599. The molecule has 4 rings (SSSR count). The van der Waals surface area contributed by atoms with Crippen LogP contribution in [0.3, 0.4) is 0 Å². The third-order valence-electron chi connectivity index (χ3n) is 6.29. The van der Waals surface area contributed by atoms with Crippen LogP contribution in [0.4, 0.5) is 4.39 Å². The lowest BCUT2D eigenvalue weighted by atomic mass is 9.91. The van der Waals surface area contributed by atoms with Crippen molar-refractivity contribution in [3.8, 4) is 5.75 Å². The highest BCUT2D eigenvalue weighted by Crippen LogP contribution is 2.31. The van der Waals surface area contributed by atoms with Gasteiger partial charge in [-0.15, -0.1) is 0 Å². The Kier molecular flexibility index (Phi) is 7.56. The molecule has 0 aliphatic carbocycles. The molecule has 0 radical (unpaired) electrons. The predicted molar refractivity (Wildman–Crippen MR) is 124 cm³/mol. The summed E-state index contributed by atoms with van der Waals surface area (Å²) >= 11 is 6.09. The van der Waals surface area contributed by atoms with E-state index in [1.54, 1.807) is 24.3 Å². The number of halogens is 2. The van der Waals surface area contributed by atoms with Gasteiger partial charge in [0.2, 0.25) is 15.9 Å². The summed E-state index contributed by atoms with van der Waals surface area (Å²) in [6.07, 6.45) is 3.36. The van der Waals surface area contributed by atoms with Crippen molar-refractivity contribution in [3.63, 3.8) is 0 Å². The van der Waals surface area contributed by atoms with Gasteiger partial charge >= 0.3 is 0 Å². The molecule has 2 atom stereocenters. The van der Waals surface area contributed by atoms with Gasteiger partial charge in [-0.3, -0.25) is 4.79 Å². The molecule has 0 saturated carbocycles. The highest BCUT2D eigenvalue weighted by Gasteiger charge is 2.38. The van der Waals surface area contributed by atoms with Crippen LogP contribution >= 0.6 is 11.6 Å². The number of likely N-dealkylation sites (tertiary alicyclic amines) is 1. The molecule has 0 unspecified atom stereocenters. The summed E-state index contributed by atoms with van der Waals surface area (Å²) in [6.45, 7) is 1.81. The summed E-state index contributed by atoms with van der Waals surface area (Å²) < 4.78 is 47.6. The monoisotopic (exact) mass is 494 g/mol. The summed E-state index contributed by atoms with van der Waals surface area (Å²) in [7, 11) is -3.89. The van der Waals surface area contributed by atoms with Crippen LogP contribution in [-0.4, -0.2) is 55.8 Å². The molecule has 2 fully saturated rings. The average Bonchev–Trinajstić information content (AvgIpc) is 2.80. The fourth-order valence-electron chi connectivity index (χ4n) is 4.54. The number of carbonyl (C=O) groups is 1. The Bertz CT molecular complexity index is 1090. The lowest BCUT2D eigenvalue weighted by Gasteiger charge is -2.38. The van der Waals surface area contributed by atoms with Crippen LogP contribution in [0, 0.1) is 11.7 Å². The van der Waals surface area contributed by atoms with Crippen molar-refractivity contribution in [1.29, 1.82) is 0 Å². The number of rotatable bonds is 6. The minimum absolute atomic E-state index is 0.0180. The molecule has 0 N–H and O–H groups in total. The first kappa shape index (κ1) is 24.0. The van der Waals surface area contributed by atoms with Crippen LogP contribution < -0.4 is 4.74 Å². The molecular weight excluding hydrogens is 467 g/mol. The molecule has 6 nitrogen and oxygen atoms in total. The Morgan fingerprint density at radius 2 is 1.82 bits per heavy atom.